The van der Waals surface area contributed by atoms with Crippen LogP contribution in [0, 0.1) is 0 Å². The Hall–Kier alpha value is -2.93. The van der Waals surface area contributed by atoms with Crippen molar-refractivity contribution in [3.8, 4) is 0 Å². The molecule has 0 aliphatic carbocycles. The molecule has 1 aliphatic rings. The van der Waals surface area contributed by atoms with E-state index in [-0.39, 0.29) is 5.69 Å². The minimum atomic E-state index is -1.06. The van der Waals surface area contributed by atoms with E-state index in [1.165, 1.54) is 6.07 Å². The van der Waals surface area contributed by atoms with Gasteiger partial charge in [-0.05, 0) is 31.0 Å². The largest absolute Gasteiger partial charge is 0.477 e. The lowest BCUT2D eigenvalue weighted by Crippen LogP contribution is -2.58. The zero-order valence-electron chi connectivity index (χ0n) is 13.7. The molecule has 0 amide bonds. The van der Waals surface area contributed by atoms with Crippen LogP contribution in [0.25, 0.3) is 10.9 Å². The van der Waals surface area contributed by atoms with Gasteiger partial charge in [-0.25, -0.2) is 9.78 Å². The third-order valence-electron chi connectivity index (χ3n) is 4.63. The van der Waals surface area contributed by atoms with Gasteiger partial charge < -0.3 is 20.9 Å². The lowest BCUT2D eigenvalue weighted by atomic mass is 9.83. The number of benzene rings is 1. The highest BCUT2D eigenvalue weighted by atomic mass is 16.4. The molecule has 0 saturated carbocycles. The number of oxime groups is 1. The van der Waals surface area contributed by atoms with Crippen molar-refractivity contribution in [2.75, 3.05) is 18.0 Å². The van der Waals surface area contributed by atoms with Crippen molar-refractivity contribution in [3.05, 3.63) is 48.7 Å². The zero-order chi connectivity index (χ0) is 18.0. The molecule has 4 N–H and O–H groups in total. The lowest BCUT2D eigenvalue weighted by molar-refractivity contribution is 0.0691. The first kappa shape index (κ1) is 16.9. The molecule has 1 fully saturated rings. The number of piperidine rings is 1. The van der Waals surface area contributed by atoms with E-state index in [0.29, 0.717) is 37.2 Å². The number of aromatic carboxylic acids is 1. The Bertz CT molecular complexity index is 865. The Morgan fingerprint density at radius 1 is 1.44 bits per heavy atom. The van der Waals surface area contributed by atoms with Crippen LogP contribution in [0.4, 0.5) is 5.69 Å². The molecule has 130 valence electrons. The first-order valence-electron chi connectivity index (χ1n) is 7.97. The number of hydrogen-bond donors (Lipinski definition) is 3. The van der Waals surface area contributed by atoms with Gasteiger partial charge in [0.1, 0.15) is 5.69 Å². The van der Waals surface area contributed by atoms with Gasteiger partial charge in [0.2, 0.25) is 0 Å². The van der Waals surface area contributed by atoms with Gasteiger partial charge in [0.25, 0.3) is 0 Å². The summed E-state index contributed by atoms with van der Waals surface area (Å²) in [5, 5.41) is 22.7. The van der Waals surface area contributed by atoms with Gasteiger partial charge in [0.05, 0.1) is 23.3 Å². The summed E-state index contributed by atoms with van der Waals surface area (Å²) in [6, 6.07) is 8.90. The molecule has 1 saturated heterocycles. The molecule has 3 rings (SSSR count). The quantitative estimate of drug-likeness (QED) is 0.447. The van der Waals surface area contributed by atoms with Crippen LogP contribution in [0.1, 0.15) is 23.3 Å². The molecule has 1 aromatic carbocycles. The Balaban J connectivity index is 1.92. The average Bonchev–Trinajstić information content (AvgIpc) is 2.61. The first-order chi connectivity index (χ1) is 12.0. The standard InChI is InChI=1S/C18H20N4O3/c1-2-7-18(19)8-9-22(11-16(18)21-25)13-5-3-12-4-6-14(17(23)24)20-15(12)10-13/h2-6,10,25H,1,7-9,11,19H2,(H,23,24). The summed E-state index contributed by atoms with van der Waals surface area (Å²) in [6.45, 7) is 4.80. The zero-order valence-corrected chi connectivity index (χ0v) is 13.7. The lowest BCUT2D eigenvalue weighted by Gasteiger charge is -2.40. The summed E-state index contributed by atoms with van der Waals surface area (Å²) in [7, 11) is 0. The highest BCUT2D eigenvalue weighted by molar-refractivity contribution is 5.98. The molecule has 1 aliphatic heterocycles. The van der Waals surface area contributed by atoms with Gasteiger partial charge >= 0.3 is 5.97 Å². The maximum absolute atomic E-state index is 11.1. The van der Waals surface area contributed by atoms with Crippen LogP contribution in [-0.2, 0) is 0 Å². The van der Waals surface area contributed by atoms with Crippen LogP contribution in [0.15, 0.2) is 48.1 Å². The third kappa shape index (κ3) is 3.18. The highest BCUT2D eigenvalue weighted by Gasteiger charge is 2.36. The number of anilines is 1. The SMILES string of the molecule is C=CCC1(N)CCN(c2ccc3ccc(C(=O)O)nc3c2)CC1=NO. The Morgan fingerprint density at radius 2 is 2.20 bits per heavy atom. The third-order valence-corrected chi connectivity index (χ3v) is 4.63. The minimum Gasteiger partial charge on any atom is -0.477 e. The smallest absolute Gasteiger partial charge is 0.354 e. The van der Waals surface area contributed by atoms with E-state index < -0.39 is 11.5 Å². The van der Waals surface area contributed by atoms with Crippen LogP contribution in [-0.4, -0.2) is 45.6 Å². The summed E-state index contributed by atoms with van der Waals surface area (Å²) in [6.07, 6.45) is 2.90. The van der Waals surface area contributed by atoms with E-state index in [1.54, 1.807) is 12.1 Å². The number of carbonyl (C=O) groups is 1. The van der Waals surface area contributed by atoms with Gasteiger partial charge in [0.15, 0.2) is 0 Å². The number of hydrogen-bond acceptors (Lipinski definition) is 6. The van der Waals surface area contributed by atoms with Crippen molar-refractivity contribution < 1.29 is 15.1 Å². The number of nitrogens with zero attached hydrogens (tertiary/aromatic N) is 3. The molecule has 1 aromatic heterocycles. The molecular formula is C18H20N4O3. The molecular weight excluding hydrogens is 320 g/mol. The molecule has 1 atom stereocenters. The predicted molar refractivity (Wildman–Crippen MR) is 96.5 cm³/mol. The van der Waals surface area contributed by atoms with E-state index in [4.69, 9.17) is 10.8 Å². The van der Waals surface area contributed by atoms with E-state index in [9.17, 15) is 10.0 Å². The number of fused-ring (bicyclic) bond motifs is 1. The van der Waals surface area contributed by atoms with E-state index in [1.807, 2.05) is 23.1 Å². The van der Waals surface area contributed by atoms with Gasteiger partial charge in [0, 0.05) is 17.6 Å². The highest BCUT2D eigenvalue weighted by Crippen LogP contribution is 2.28. The molecule has 2 heterocycles. The molecule has 0 radical (unpaired) electrons. The Labute approximate surface area is 145 Å². The summed E-state index contributed by atoms with van der Waals surface area (Å²) in [4.78, 5) is 17.3. The first-order valence-corrected chi connectivity index (χ1v) is 7.97. The Morgan fingerprint density at radius 3 is 2.88 bits per heavy atom. The molecule has 0 spiro atoms. The maximum Gasteiger partial charge on any atom is 0.354 e. The number of carboxylic acid groups (broad SMARTS) is 1. The van der Waals surface area contributed by atoms with Crippen LogP contribution >= 0.6 is 0 Å². The molecule has 7 heteroatoms. The number of aromatic nitrogens is 1. The molecule has 7 nitrogen and oxygen atoms in total. The van der Waals surface area contributed by atoms with Crippen LogP contribution in [0.2, 0.25) is 0 Å². The fourth-order valence-electron chi connectivity index (χ4n) is 3.15. The number of rotatable bonds is 4. The second-order valence-corrected chi connectivity index (χ2v) is 6.25. The maximum atomic E-state index is 11.1. The second kappa shape index (κ2) is 6.52. The normalized spacial score (nSPS) is 22.3. The summed E-state index contributed by atoms with van der Waals surface area (Å²) in [5.74, 6) is -1.06. The van der Waals surface area contributed by atoms with E-state index >= 15 is 0 Å². The monoisotopic (exact) mass is 340 g/mol. The van der Waals surface area contributed by atoms with Gasteiger partial charge in [-0.1, -0.05) is 23.4 Å². The number of nitrogens with two attached hydrogens (primary N) is 1. The van der Waals surface area contributed by atoms with Crippen molar-refractivity contribution in [2.45, 2.75) is 18.4 Å². The molecule has 1 unspecified atom stereocenters. The number of carboxylic acids is 1. The van der Waals surface area contributed by atoms with Crippen molar-refractivity contribution in [2.24, 2.45) is 10.9 Å². The van der Waals surface area contributed by atoms with Crippen molar-refractivity contribution in [3.63, 3.8) is 0 Å². The summed E-state index contributed by atoms with van der Waals surface area (Å²) in [5.41, 5.74) is 7.66. The molecule has 25 heavy (non-hydrogen) atoms. The van der Waals surface area contributed by atoms with E-state index in [0.717, 1.165) is 11.1 Å². The van der Waals surface area contributed by atoms with Gasteiger partial charge in [-0.3, -0.25) is 0 Å². The minimum absolute atomic E-state index is 0.00728. The fraction of sp³-hybridized carbons (Fsp3) is 0.278. The van der Waals surface area contributed by atoms with Gasteiger partial charge in [-0.2, -0.15) is 0 Å². The summed E-state index contributed by atoms with van der Waals surface area (Å²) >= 11 is 0. The average molecular weight is 340 g/mol. The van der Waals surface area contributed by atoms with Crippen molar-refractivity contribution in [1.82, 2.24) is 4.98 Å². The summed E-state index contributed by atoms with van der Waals surface area (Å²) < 4.78 is 0. The van der Waals surface area contributed by atoms with Crippen molar-refractivity contribution in [1.29, 1.82) is 0 Å². The van der Waals surface area contributed by atoms with Crippen LogP contribution in [0.5, 0.6) is 0 Å². The predicted octanol–water partition coefficient (Wildman–Crippen LogP) is 2.25. The second-order valence-electron chi connectivity index (χ2n) is 6.25. The van der Waals surface area contributed by atoms with Crippen molar-refractivity contribution >= 4 is 28.3 Å². The van der Waals surface area contributed by atoms with Gasteiger partial charge in [-0.15, -0.1) is 6.58 Å². The van der Waals surface area contributed by atoms with E-state index in [2.05, 4.69) is 16.7 Å². The topological polar surface area (TPSA) is 112 Å². The Kier molecular flexibility index (Phi) is 4.41. The van der Waals surface area contributed by atoms with Crippen LogP contribution in [0.3, 0.4) is 0 Å². The molecule has 2 aromatic rings. The fourth-order valence-corrected chi connectivity index (χ4v) is 3.15. The number of pyridine rings is 1. The van der Waals surface area contributed by atoms with Crippen LogP contribution < -0.4 is 10.6 Å². The molecule has 0 bridgehead atoms.